The third-order valence-electron chi connectivity index (χ3n) is 1.88. The number of hydrogen-bond donors (Lipinski definition) is 0. The highest BCUT2D eigenvalue weighted by Gasteiger charge is 2.15. The van der Waals surface area contributed by atoms with Gasteiger partial charge in [-0.15, -0.1) is 11.6 Å². The van der Waals surface area contributed by atoms with Crippen LogP contribution < -0.4 is 4.74 Å². The average molecular weight is 246 g/mol. The summed E-state index contributed by atoms with van der Waals surface area (Å²) in [5.74, 6) is 0.458. The molecule has 0 aliphatic heterocycles. The van der Waals surface area contributed by atoms with E-state index in [-0.39, 0.29) is 24.1 Å². The average Bonchev–Trinajstić information content (AvgIpc) is 2.29. The molecule has 0 amide bonds. The monoisotopic (exact) mass is 245 g/mol. The molecule has 0 N–H and O–H groups in total. The molecule has 0 saturated carbocycles. The fraction of sp³-hybridized carbons (Fsp3) is 0.400. The first-order valence-corrected chi connectivity index (χ1v) is 5.26. The summed E-state index contributed by atoms with van der Waals surface area (Å²) >= 11 is 5.64. The SMILES string of the molecule is CCOCOc1cc(CCl)ccc1[N+](=O)[O-]. The summed E-state index contributed by atoms with van der Waals surface area (Å²) in [5, 5.41) is 10.7. The smallest absolute Gasteiger partial charge is 0.311 e. The fourth-order valence-corrected chi connectivity index (χ4v) is 1.26. The van der Waals surface area contributed by atoms with Gasteiger partial charge >= 0.3 is 5.69 Å². The third-order valence-corrected chi connectivity index (χ3v) is 2.19. The van der Waals surface area contributed by atoms with Crippen molar-refractivity contribution in [2.45, 2.75) is 12.8 Å². The lowest BCUT2D eigenvalue weighted by Gasteiger charge is -2.07. The minimum Gasteiger partial charge on any atom is -0.460 e. The minimum atomic E-state index is -0.501. The Bertz CT molecular complexity index is 370. The maximum absolute atomic E-state index is 10.7. The van der Waals surface area contributed by atoms with Crippen molar-refractivity contribution in [3.63, 3.8) is 0 Å². The molecule has 0 spiro atoms. The van der Waals surface area contributed by atoms with Gasteiger partial charge in [-0.25, -0.2) is 0 Å². The number of nitrogens with zero attached hydrogens (tertiary/aromatic N) is 1. The molecular formula is C10H12ClNO4. The van der Waals surface area contributed by atoms with Crippen molar-refractivity contribution in [2.75, 3.05) is 13.4 Å². The van der Waals surface area contributed by atoms with Crippen LogP contribution in [0.25, 0.3) is 0 Å². The molecule has 88 valence electrons. The number of ether oxygens (including phenoxy) is 2. The van der Waals surface area contributed by atoms with Crippen molar-refractivity contribution in [1.29, 1.82) is 0 Å². The van der Waals surface area contributed by atoms with Crippen LogP contribution in [-0.4, -0.2) is 18.3 Å². The first-order valence-electron chi connectivity index (χ1n) is 4.72. The van der Waals surface area contributed by atoms with Gasteiger partial charge in [-0.2, -0.15) is 0 Å². The fourth-order valence-electron chi connectivity index (χ4n) is 1.10. The van der Waals surface area contributed by atoms with Crippen LogP contribution in [0.3, 0.4) is 0 Å². The van der Waals surface area contributed by atoms with Crippen molar-refractivity contribution < 1.29 is 14.4 Å². The van der Waals surface area contributed by atoms with E-state index in [2.05, 4.69) is 0 Å². The molecule has 5 nitrogen and oxygen atoms in total. The number of halogens is 1. The summed E-state index contributed by atoms with van der Waals surface area (Å²) in [4.78, 5) is 10.2. The van der Waals surface area contributed by atoms with Crippen LogP contribution in [-0.2, 0) is 10.6 Å². The van der Waals surface area contributed by atoms with Crippen LogP contribution in [0.1, 0.15) is 12.5 Å². The second kappa shape index (κ2) is 6.30. The Kier molecular flexibility index (Phi) is 5.01. The molecule has 1 aromatic carbocycles. The van der Waals surface area contributed by atoms with Crippen molar-refractivity contribution in [3.05, 3.63) is 33.9 Å². The highest BCUT2D eigenvalue weighted by atomic mass is 35.5. The lowest BCUT2D eigenvalue weighted by Crippen LogP contribution is -2.04. The molecule has 0 aromatic heterocycles. The van der Waals surface area contributed by atoms with Crippen LogP contribution in [0.2, 0.25) is 0 Å². The van der Waals surface area contributed by atoms with E-state index >= 15 is 0 Å². The van der Waals surface area contributed by atoms with E-state index in [1.165, 1.54) is 6.07 Å². The lowest BCUT2D eigenvalue weighted by molar-refractivity contribution is -0.386. The highest BCUT2D eigenvalue weighted by molar-refractivity contribution is 6.17. The van der Waals surface area contributed by atoms with E-state index in [1.54, 1.807) is 12.1 Å². The molecule has 6 heteroatoms. The summed E-state index contributed by atoms with van der Waals surface area (Å²) in [5.41, 5.74) is 0.673. The van der Waals surface area contributed by atoms with Gasteiger partial charge in [0.05, 0.1) is 4.92 Å². The molecule has 0 saturated heterocycles. The Morgan fingerprint density at radius 3 is 2.81 bits per heavy atom. The maximum Gasteiger partial charge on any atom is 0.311 e. The largest absolute Gasteiger partial charge is 0.460 e. The molecule has 0 atom stereocenters. The van der Waals surface area contributed by atoms with Gasteiger partial charge in [0.2, 0.25) is 0 Å². The van der Waals surface area contributed by atoms with E-state index in [4.69, 9.17) is 21.1 Å². The third kappa shape index (κ3) is 3.36. The van der Waals surface area contributed by atoms with Crippen molar-refractivity contribution >= 4 is 17.3 Å². The van der Waals surface area contributed by atoms with Crippen LogP contribution in [0.4, 0.5) is 5.69 Å². The summed E-state index contributed by atoms with van der Waals surface area (Å²) < 4.78 is 10.1. The van der Waals surface area contributed by atoms with Crippen molar-refractivity contribution in [2.24, 2.45) is 0 Å². The van der Waals surface area contributed by atoms with Gasteiger partial charge < -0.3 is 9.47 Å². The Balaban J connectivity index is 2.87. The molecule has 1 rings (SSSR count). The van der Waals surface area contributed by atoms with Gasteiger partial charge in [-0.3, -0.25) is 10.1 Å². The van der Waals surface area contributed by atoms with Crippen molar-refractivity contribution in [3.8, 4) is 5.75 Å². The topological polar surface area (TPSA) is 61.6 Å². The molecule has 0 fully saturated rings. The molecule has 16 heavy (non-hydrogen) atoms. The van der Waals surface area contributed by atoms with E-state index < -0.39 is 4.92 Å². The van der Waals surface area contributed by atoms with Crippen LogP contribution >= 0.6 is 11.6 Å². The molecule has 0 radical (unpaired) electrons. The Morgan fingerprint density at radius 2 is 2.25 bits per heavy atom. The zero-order valence-electron chi connectivity index (χ0n) is 8.81. The normalized spacial score (nSPS) is 10.1. The predicted octanol–water partition coefficient (Wildman–Crippen LogP) is 2.71. The van der Waals surface area contributed by atoms with Gasteiger partial charge in [-0.05, 0) is 18.6 Å². The van der Waals surface area contributed by atoms with Gasteiger partial charge in [0, 0.05) is 18.6 Å². The Morgan fingerprint density at radius 1 is 1.50 bits per heavy atom. The van der Waals surface area contributed by atoms with Crippen molar-refractivity contribution in [1.82, 2.24) is 0 Å². The number of nitro groups is 1. The number of benzene rings is 1. The lowest BCUT2D eigenvalue weighted by atomic mass is 10.2. The molecule has 0 aliphatic carbocycles. The van der Waals surface area contributed by atoms with Crippen LogP contribution in [0.15, 0.2) is 18.2 Å². The highest BCUT2D eigenvalue weighted by Crippen LogP contribution is 2.28. The van der Waals surface area contributed by atoms with E-state index in [0.29, 0.717) is 6.61 Å². The zero-order chi connectivity index (χ0) is 12.0. The summed E-state index contributed by atoms with van der Waals surface area (Å²) in [6, 6.07) is 4.52. The Labute approximate surface area is 98.1 Å². The van der Waals surface area contributed by atoms with Gasteiger partial charge in [0.15, 0.2) is 12.5 Å². The molecule has 0 bridgehead atoms. The predicted molar refractivity (Wildman–Crippen MR) is 59.8 cm³/mol. The van der Waals surface area contributed by atoms with Gasteiger partial charge in [0.1, 0.15) is 0 Å². The van der Waals surface area contributed by atoms with Crippen LogP contribution in [0, 0.1) is 10.1 Å². The maximum atomic E-state index is 10.7. The van der Waals surface area contributed by atoms with Gasteiger partial charge in [-0.1, -0.05) is 6.07 Å². The summed E-state index contributed by atoms with van der Waals surface area (Å²) in [6.45, 7) is 2.29. The second-order valence-corrected chi connectivity index (χ2v) is 3.22. The minimum absolute atomic E-state index is 0.0108. The molecule has 0 heterocycles. The van der Waals surface area contributed by atoms with E-state index in [0.717, 1.165) is 5.56 Å². The quantitative estimate of drug-likeness (QED) is 0.254. The molecule has 1 aromatic rings. The number of hydrogen-bond acceptors (Lipinski definition) is 4. The second-order valence-electron chi connectivity index (χ2n) is 2.95. The van der Waals surface area contributed by atoms with Gasteiger partial charge in [0.25, 0.3) is 0 Å². The number of nitro benzene ring substituents is 1. The molecule has 0 aliphatic rings. The first-order chi connectivity index (χ1) is 7.69. The zero-order valence-corrected chi connectivity index (χ0v) is 9.57. The number of alkyl halides is 1. The first kappa shape index (κ1) is 12.7. The summed E-state index contributed by atoms with van der Waals surface area (Å²) in [7, 11) is 0. The molecule has 0 unspecified atom stereocenters. The number of rotatable bonds is 6. The standard InChI is InChI=1S/C10H12ClNO4/c1-2-15-7-16-10-5-8(6-11)3-4-9(10)12(13)14/h3-5H,2,6-7H2,1H3. The van der Waals surface area contributed by atoms with Crippen LogP contribution in [0.5, 0.6) is 5.75 Å². The molecular weight excluding hydrogens is 234 g/mol. The van der Waals surface area contributed by atoms with E-state index in [9.17, 15) is 10.1 Å². The summed E-state index contributed by atoms with van der Waals surface area (Å²) in [6.07, 6.45) is 0. The Hall–Kier alpha value is -1.33. The van der Waals surface area contributed by atoms with E-state index in [1.807, 2.05) is 6.92 Å².